The largest absolute Gasteiger partial charge is 0.478 e. The highest BCUT2D eigenvalue weighted by molar-refractivity contribution is 6.01. The summed E-state index contributed by atoms with van der Waals surface area (Å²) in [7, 11) is 1.68. The second kappa shape index (κ2) is 4.84. The normalized spacial score (nSPS) is 15.6. The van der Waals surface area contributed by atoms with Crippen LogP contribution < -0.4 is 0 Å². The Kier molecular flexibility index (Phi) is 3.24. The third-order valence-corrected chi connectivity index (χ3v) is 3.99. The lowest BCUT2D eigenvalue weighted by atomic mass is 10.1. The van der Waals surface area contributed by atoms with Crippen molar-refractivity contribution in [1.29, 1.82) is 0 Å². The zero-order valence-electron chi connectivity index (χ0n) is 12.6. The van der Waals surface area contributed by atoms with E-state index in [1.807, 2.05) is 6.07 Å². The topological polar surface area (TPSA) is 64.4 Å². The fraction of sp³-hybridized carbons (Fsp3) is 0.500. The van der Waals surface area contributed by atoms with E-state index in [1.54, 1.807) is 19.2 Å². The molecule has 5 nitrogen and oxygen atoms in total. The Morgan fingerprint density at radius 2 is 2.19 bits per heavy atom. The van der Waals surface area contributed by atoms with E-state index in [2.05, 4.69) is 23.4 Å². The van der Waals surface area contributed by atoms with Crippen molar-refractivity contribution in [3.05, 3.63) is 29.6 Å². The van der Waals surface area contributed by atoms with Crippen LogP contribution in [0.3, 0.4) is 0 Å². The molecule has 0 bridgehead atoms. The average molecular weight is 288 g/mol. The van der Waals surface area contributed by atoms with Crippen molar-refractivity contribution in [2.24, 2.45) is 0 Å². The number of imidazole rings is 1. The molecule has 0 spiro atoms. The number of carbonyl (C=O) groups is 1. The summed E-state index contributed by atoms with van der Waals surface area (Å²) in [4.78, 5) is 16.1. The van der Waals surface area contributed by atoms with Crippen LogP contribution >= 0.6 is 0 Å². The maximum absolute atomic E-state index is 11.4. The van der Waals surface area contributed by atoms with Gasteiger partial charge in [0.1, 0.15) is 11.3 Å². The number of nitrogens with zero attached hydrogens (tertiary/aromatic N) is 2. The summed E-state index contributed by atoms with van der Waals surface area (Å²) in [5.74, 6) is 0.494. The number of carboxylic acids is 1. The summed E-state index contributed by atoms with van der Waals surface area (Å²) in [5.41, 5.74) is 1.45. The first kappa shape index (κ1) is 14.1. The summed E-state index contributed by atoms with van der Waals surface area (Å²) in [6.45, 7) is 4.74. The summed E-state index contributed by atoms with van der Waals surface area (Å²) < 4.78 is 7.51. The Labute approximate surface area is 123 Å². The fourth-order valence-electron chi connectivity index (χ4n) is 2.96. The molecule has 0 radical (unpaired) electrons. The van der Waals surface area contributed by atoms with Crippen LogP contribution in [0.4, 0.5) is 0 Å². The molecule has 1 aliphatic rings. The molecule has 1 saturated carbocycles. The Morgan fingerprint density at radius 3 is 2.76 bits per heavy atom. The Morgan fingerprint density at radius 1 is 1.48 bits per heavy atom. The standard InChI is InChI=1S/C16H20N2O3/c1-16(2,9-21-3)18-12-6-4-5-11(15(19)20)13(12)17-14(18)10-7-8-10/h4-6,10H,7-9H2,1-3H3,(H,19,20). The molecule has 112 valence electrons. The highest BCUT2D eigenvalue weighted by atomic mass is 16.5. The molecule has 0 atom stereocenters. The molecule has 1 N–H and O–H groups in total. The third kappa shape index (κ3) is 2.31. The number of rotatable bonds is 5. The van der Waals surface area contributed by atoms with Crippen molar-refractivity contribution in [2.75, 3.05) is 13.7 Å². The summed E-state index contributed by atoms with van der Waals surface area (Å²) >= 11 is 0. The van der Waals surface area contributed by atoms with E-state index in [4.69, 9.17) is 4.74 Å². The molecule has 1 heterocycles. The van der Waals surface area contributed by atoms with E-state index >= 15 is 0 Å². The molecule has 3 rings (SSSR count). The predicted octanol–water partition coefficient (Wildman–Crippen LogP) is 2.99. The third-order valence-electron chi connectivity index (χ3n) is 3.99. The quantitative estimate of drug-likeness (QED) is 0.918. The van der Waals surface area contributed by atoms with E-state index < -0.39 is 5.97 Å². The molecule has 5 heteroatoms. The van der Waals surface area contributed by atoms with Crippen LogP contribution in [0.5, 0.6) is 0 Å². The van der Waals surface area contributed by atoms with Gasteiger partial charge < -0.3 is 14.4 Å². The number of carboxylic acid groups (broad SMARTS) is 1. The van der Waals surface area contributed by atoms with Gasteiger partial charge in [0.2, 0.25) is 0 Å². The van der Waals surface area contributed by atoms with Crippen molar-refractivity contribution in [2.45, 2.75) is 38.1 Å². The van der Waals surface area contributed by atoms with Crippen molar-refractivity contribution in [3.63, 3.8) is 0 Å². The molecule has 2 aromatic rings. The van der Waals surface area contributed by atoms with Crippen molar-refractivity contribution < 1.29 is 14.6 Å². The number of fused-ring (bicyclic) bond motifs is 1. The monoisotopic (exact) mass is 288 g/mol. The van der Waals surface area contributed by atoms with Gasteiger partial charge in [-0.2, -0.15) is 0 Å². The molecule has 0 saturated heterocycles. The maximum Gasteiger partial charge on any atom is 0.337 e. The lowest BCUT2D eigenvalue weighted by Crippen LogP contribution is -2.32. The predicted molar refractivity (Wildman–Crippen MR) is 79.9 cm³/mol. The van der Waals surface area contributed by atoms with Crippen LogP contribution in [0.25, 0.3) is 11.0 Å². The second-order valence-corrected chi connectivity index (χ2v) is 6.30. The molecule has 0 aliphatic heterocycles. The number of ether oxygens (including phenoxy) is 1. The van der Waals surface area contributed by atoms with Gasteiger partial charge in [-0.05, 0) is 38.8 Å². The molecule has 1 fully saturated rings. The first-order valence-corrected chi connectivity index (χ1v) is 7.20. The highest BCUT2D eigenvalue weighted by Gasteiger charge is 2.35. The summed E-state index contributed by atoms with van der Waals surface area (Å²) in [6.07, 6.45) is 2.24. The van der Waals surface area contributed by atoms with Gasteiger partial charge in [-0.15, -0.1) is 0 Å². The molecular formula is C16H20N2O3. The number of para-hydroxylation sites is 1. The molecule has 0 amide bonds. The van der Waals surface area contributed by atoms with Gasteiger partial charge in [-0.25, -0.2) is 9.78 Å². The number of hydrogen-bond donors (Lipinski definition) is 1. The maximum atomic E-state index is 11.4. The van der Waals surface area contributed by atoms with Crippen molar-refractivity contribution in [3.8, 4) is 0 Å². The van der Waals surface area contributed by atoms with E-state index in [1.165, 1.54) is 0 Å². The number of benzene rings is 1. The Hall–Kier alpha value is -1.88. The number of hydrogen-bond acceptors (Lipinski definition) is 3. The zero-order chi connectivity index (χ0) is 15.2. The lowest BCUT2D eigenvalue weighted by Gasteiger charge is -2.28. The van der Waals surface area contributed by atoms with Gasteiger partial charge in [0.25, 0.3) is 0 Å². The van der Waals surface area contributed by atoms with Crippen LogP contribution in [-0.2, 0) is 10.3 Å². The fourth-order valence-corrected chi connectivity index (χ4v) is 2.96. The van der Waals surface area contributed by atoms with Gasteiger partial charge in [0.15, 0.2) is 0 Å². The van der Waals surface area contributed by atoms with Crippen molar-refractivity contribution in [1.82, 2.24) is 9.55 Å². The Bertz CT molecular complexity index is 699. The molecule has 0 unspecified atom stereocenters. The highest BCUT2D eigenvalue weighted by Crippen LogP contribution is 2.43. The van der Waals surface area contributed by atoms with E-state index in [0.717, 1.165) is 24.2 Å². The first-order valence-electron chi connectivity index (χ1n) is 7.20. The number of aromatic nitrogens is 2. The van der Waals surface area contributed by atoms with Gasteiger partial charge >= 0.3 is 5.97 Å². The minimum absolute atomic E-state index is 0.265. The van der Waals surface area contributed by atoms with Crippen LogP contribution in [0.1, 0.15) is 48.8 Å². The molecule has 1 aromatic carbocycles. The van der Waals surface area contributed by atoms with E-state index in [0.29, 0.717) is 18.0 Å². The second-order valence-electron chi connectivity index (χ2n) is 6.30. The number of aromatic carboxylic acids is 1. The Balaban J connectivity index is 2.28. The zero-order valence-corrected chi connectivity index (χ0v) is 12.6. The van der Waals surface area contributed by atoms with E-state index in [9.17, 15) is 9.90 Å². The van der Waals surface area contributed by atoms with Crippen molar-refractivity contribution >= 4 is 17.0 Å². The van der Waals surface area contributed by atoms with Crippen LogP contribution in [0.15, 0.2) is 18.2 Å². The van der Waals surface area contributed by atoms with Gasteiger partial charge in [-0.1, -0.05) is 6.07 Å². The smallest absolute Gasteiger partial charge is 0.337 e. The van der Waals surface area contributed by atoms with E-state index in [-0.39, 0.29) is 11.1 Å². The average Bonchev–Trinajstić information content (AvgIpc) is 3.17. The summed E-state index contributed by atoms with van der Waals surface area (Å²) in [6, 6.07) is 5.34. The van der Waals surface area contributed by atoms with Gasteiger partial charge in [0.05, 0.1) is 23.2 Å². The summed E-state index contributed by atoms with van der Waals surface area (Å²) in [5, 5.41) is 9.37. The lowest BCUT2D eigenvalue weighted by molar-refractivity contribution is 0.0699. The molecule has 21 heavy (non-hydrogen) atoms. The van der Waals surface area contributed by atoms with Crippen LogP contribution in [-0.4, -0.2) is 34.3 Å². The van der Waals surface area contributed by atoms with Gasteiger partial charge in [-0.3, -0.25) is 0 Å². The van der Waals surface area contributed by atoms with Gasteiger partial charge in [0, 0.05) is 13.0 Å². The number of methoxy groups -OCH3 is 1. The minimum atomic E-state index is -0.933. The minimum Gasteiger partial charge on any atom is -0.478 e. The molecule has 1 aliphatic carbocycles. The van der Waals surface area contributed by atoms with Crippen LogP contribution in [0, 0.1) is 0 Å². The molecule has 1 aromatic heterocycles. The SMILES string of the molecule is COCC(C)(C)n1c(C2CC2)nc2c(C(=O)O)cccc21. The molecular weight excluding hydrogens is 268 g/mol. The van der Waals surface area contributed by atoms with Crippen LogP contribution in [0.2, 0.25) is 0 Å². The first-order chi connectivity index (χ1) is 9.95.